The zero-order valence-electron chi connectivity index (χ0n) is 13.0. The van der Waals surface area contributed by atoms with Crippen LogP contribution in [0.15, 0.2) is 0 Å². The first kappa shape index (κ1) is 19.3. The van der Waals surface area contributed by atoms with Crippen molar-refractivity contribution in [3.05, 3.63) is 0 Å². The molecular weight excluding hydrogens is 208 g/mol. The zero-order chi connectivity index (χ0) is 13.4. The van der Waals surface area contributed by atoms with Crippen molar-refractivity contribution in [3.8, 4) is 0 Å². The molecule has 0 spiro atoms. The van der Waals surface area contributed by atoms with Crippen LogP contribution < -0.4 is 5.32 Å². The molecule has 1 fully saturated rings. The Labute approximate surface area is 110 Å². The molecule has 2 heteroatoms. The van der Waals surface area contributed by atoms with E-state index in [2.05, 4.69) is 31.0 Å². The van der Waals surface area contributed by atoms with Crippen LogP contribution in [0.3, 0.4) is 0 Å². The van der Waals surface area contributed by atoms with E-state index in [9.17, 15) is 0 Å². The maximum absolute atomic E-state index is 3.37. The van der Waals surface area contributed by atoms with Crippen LogP contribution in [0.5, 0.6) is 0 Å². The quantitative estimate of drug-likeness (QED) is 0.738. The molecule has 0 bridgehead atoms. The average Bonchev–Trinajstić information content (AvgIpc) is 2.39. The molecule has 0 saturated carbocycles. The van der Waals surface area contributed by atoms with E-state index in [1.54, 1.807) is 0 Å². The van der Waals surface area contributed by atoms with Gasteiger partial charge < -0.3 is 10.2 Å². The monoisotopic (exact) mass is 244 g/mol. The second-order valence-electron chi connectivity index (χ2n) is 4.36. The minimum atomic E-state index is 1.19. The van der Waals surface area contributed by atoms with Gasteiger partial charge >= 0.3 is 0 Å². The highest BCUT2D eigenvalue weighted by atomic mass is 15.2. The van der Waals surface area contributed by atoms with Crippen molar-refractivity contribution >= 4 is 0 Å². The van der Waals surface area contributed by atoms with E-state index in [0.717, 1.165) is 0 Å². The van der Waals surface area contributed by atoms with Crippen molar-refractivity contribution in [2.45, 2.75) is 66.7 Å². The number of hydrogen-bond acceptors (Lipinski definition) is 2. The summed E-state index contributed by atoms with van der Waals surface area (Å²) in [6, 6.07) is 0. The maximum Gasteiger partial charge on any atom is 0.0107 e. The fraction of sp³-hybridized carbons (Fsp3) is 1.00. The molecule has 2 nitrogen and oxygen atoms in total. The molecule has 17 heavy (non-hydrogen) atoms. The molecule has 0 aromatic carbocycles. The van der Waals surface area contributed by atoms with Gasteiger partial charge in [0.25, 0.3) is 0 Å². The lowest BCUT2D eigenvalue weighted by molar-refractivity contribution is 0.236. The molecule has 1 aliphatic heterocycles. The first-order valence-electron chi connectivity index (χ1n) is 7.78. The van der Waals surface area contributed by atoms with E-state index >= 15 is 0 Å². The SMILES string of the molecule is CC.CCC.CCCCCCN1CCNCC1. The molecule has 0 aromatic heterocycles. The van der Waals surface area contributed by atoms with Gasteiger partial charge in [-0.1, -0.05) is 60.3 Å². The maximum atomic E-state index is 3.37. The normalized spacial score (nSPS) is 15.4. The first-order chi connectivity index (χ1) is 8.35. The molecule has 1 N–H and O–H groups in total. The molecule has 0 amide bonds. The predicted octanol–water partition coefficient (Wildman–Crippen LogP) is 3.91. The number of nitrogens with zero attached hydrogens (tertiary/aromatic N) is 1. The Bertz CT molecular complexity index is 109. The topological polar surface area (TPSA) is 15.3 Å². The third-order valence-corrected chi connectivity index (χ3v) is 2.54. The highest BCUT2D eigenvalue weighted by Gasteiger charge is 2.07. The van der Waals surface area contributed by atoms with E-state index in [1.807, 2.05) is 13.8 Å². The van der Waals surface area contributed by atoms with E-state index in [4.69, 9.17) is 0 Å². The van der Waals surface area contributed by atoms with Crippen LogP contribution in [0.2, 0.25) is 0 Å². The summed E-state index contributed by atoms with van der Waals surface area (Å²) in [7, 11) is 0. The minimum Gasteiger partial charge on any atom is -0.314 e. The van der Waals surface area contributed by atoms with Crippen LogP contribution >= 0.6 is 0 Å². The van der Waals surface area contributed by atoms with Gasteiger partial charge in [-0.05, 0) is 13.0 Å². The van der Waals surface area contributed by atoms with Crippen molar-refractivity contribution in [2.75, 3.05) is 32.7 Å². The minimum absolute atomic E-state index is 1.19. The molecule has 0 unspecified atom stereocenters. The fourth-order valence-corrected chi connectivity index (χ4v) is 1.70. The number of nitrogens with one attached hydrogen (secondary N) is 1. The predicted molar refractivity (Wildman–Crippen MR) is 80.8 cm³/mol. The largest absolute Gasteiger partial charge is 0.314 e. The van der Waals surface area contributed by atoms with Crippen molar-refractivity contribution < 1.29 is 0 Å². The number of hydrogen-bond donors (Lipinski definition) is 1. The van der Waals surface area contributed by atoms with Gasteiger partial charge in [0.1, 0.15) is 0 Å². The molecule has 1 saturated heterocycles. The van der Waals surface area contributed by atoms with Gasteiger partial charge in [-0.15, -0.1) is 0 Å². The van der Waals surface area contributed by atoms with Crippen molar-refractivity contribution in [3.63, 3.8) is 0 Å². The summed E-state index contributed by atoms with van der Waals surface area (Å²) in [5.41, 5.74) is 0. The highest BCUT2D eigenvalue weighted by Crippen LogP contribution is 2.01. The first-order valence-corrected chi connectivity index (χ1v) is 7.78. The van der Waals surface area contributed by atoms with Crippen LogP contribution in [0.25, 0.3) is 0 Å². The molecule has 1 aliphatic rings. The molecule has 0 radical (unpaired) electrons. The molecule has 0 atom stereocenters. The Balaban J connectivity index is 0. The van der Waals surface area contributed by atoms with Crippen LogP contribution in [-0.4, -0.2) is 37.6 Å². The van der Waals surface area contributed by atoms with E-state index in [1.165, 1.54) is 64.8 Å². The van der Waals surface area contributed by atoms with Crippen LogP contribution in [-0.2, 0) is 0 Å². The molecule has 0 aliphatic carbocycles. The van der Waals surface area contributed by atoms with E-state index in [0.29, 0.717) is 0 Å². The van der Waals surface area contributed by atoms with Crippen molar-refractivity contribution in [1.82, 2.24) is 10.2 Å². The summed E-state index contributed by atoms with van der Waals surface area (Å²) in [4.78, 5) is 2.58. The van der Waals surface area contributed by atoms with Crippen LogP contribution in [0.1, 0.15) is 66.7 Å². The average molecular weight is 244 g/mol. The van der Waals surface area contributed by atoms with E-state index < -0.39 is 0 Å². The standard InChI is InChI=1S/C10H22N2.C3H8.C2H6/c1-2-3-4-5-8-12-9-6-11-7-10-12;1-3-2;1-2/h11H,2-10H2,1H3;3H2,1-2H3;1-2H3. The molecule has 106 valence electrons. The summed E-state index contributed by atoms with van der Waals surface area (Å²) >= 11 is 0. The van der Waals surface area contributed by atoms with Gasteiger partial charge in [0.05, 0.1) is 0 Å². The molecular formula is C15H36N2. The summed E-state index contributed by atoms with van der Waals surface area (Å²) in [5.74, 6) is 0. The molecule has 0 aromatic rings. The van der Waals surface area contributed by atoms with Gasteiger partial charge in [-0.3, -0.25) is 0 Å². The Morgan fingerprint density at radius 3 is 1.88 bits per heavy atom. The Morgan fingerprint density at radius 1 is 0.882 bits per heavy atom. The van der Waals surface area contributed by atoms with Crippen LogP contribution in [0, 0.1) is 0 Å². The summed E-state index contributed by atoms with van der Waals surface area (Å²) in [6.45, 7) is 16.7. The van der Waals surface area contributed by atoms with Gasteiger partial charge in [0.15, 0.2) is 0 Å². The van der Waals surface area contributed by atoms with Gasteiger partial charge in [-0.25, -0.2) is 0 Å². The van der Waals surface area contributed by atoms with Crippen molar-refractivity contribution in [2.24, 2.45) is 0 Å². The number of unbranched alkanes of at least 4 members (excludes halogenated alkanes) is 3. The third-order valence-electron chi connectivity index (χ3n) is 2.54. The van der Waals surface area contributed by atoms with Crippen molar-refractivity contribution in [1.29, 1.82) is 0 Å². The van der Waals surface area contributed by atoms with E-state index in [-0.39, 0.29) is 0 Å². The zero-order valence-corrected chi connectivity index (χ0v) is 13.0. The van der Waals surface area contributed by atoms with Crippen LogP contribution in [0.4, 0.5) is 0 Å². The fourth-order valence-electron chi connectivity index (χ4n) is 1.70. The molecule has 1 rings (SSSR count). The summed E-state index contributed by atoms with van der Waals surface area (Å²) in [5, 5.41) is 3.37. The number of rotatable bonds is 5. The van der Waals surface area contributed by atoms with Gasteiger partial charge in [0, 0.05) is 26.2 Å². The number of piperazine rings is 1. The second-order valence-corrected chi connectivity index (χ2v) is 4.36. The lowest BCUT2D eigenvalue weighted by atomic mass is 10.2. The van der Waals surface area contributed by atoms with Gasteiger partial charge in [-0.2, -0.15) is 0 Å². The lowest BCUT2D eigenvalue weighted by Gasteiger charge is -2.26. The lowest BCUT2D eigenvalue weighted by Crippen LogP contribution is -2.43. The third kappa shape index (κ3) is 15.9. The Kier molecular flexibility index (Phi) is 20.7. The Morgan fingerprint density at radius 2 is 1.41 bits per heavy atom. The summed E-state index contributed by atoms with van der Waals surface area (Å²) in [6.07, 6.45) is 6.82. The highest BCUT2D eigenvalue weighted by molar-refractivity contribution is 4.66. The Hall–Kier alpha value is -0.0800. The smallest absolute Gasteiger partial charge is 0.0107 e. The molecule has 1 heterocycles. The summed E-state index contributed by atoms with van der Waals surface area (Å²) < 4.78 is 0. The second kappa shape index (κ2) is 18.3. The van der Waals surface area contributed by atoms with Gasteiger partial charge in [0.2, 0.25) is 0 Å².